The summed E-state index contributed by atoms with van der Waals surface area (Å²) in [5, 5.41) is 20.8. The van der Waals surface area contributed by atoms with Gasteiger partial charge >= 0.3 is 0 Å². The van der Waals surface area contributed by atoms with Crippen molar-refractivity contribution in [2.24, 2.45) is 5.92 Å². The van der Waals surface area contributed by atoms with Crippen LogP contribution >= 0.6 is 0 Å². The Morgan fingerprint density at radius 2 is 1.89 bits per heavy atom. The molecule has 0 aromatic heterocycles. The maximum absolute atomic E-state index is 10.7. The van der Waals surface area contributed by atoms with Crippen molar-refractivity contribution in [1.82, 2.24) is 0 Å². The van der Waals surface area contributed by atoms with Gasteiger partial charge in [-0.3, -0.25) is 0 Å². The first-order chi connectivity index (χ1) is 13.2. The zero-order valence-corrected chi connectivity index (χ0v) is 15.6. The molecule has 2 aliphatic carbocycles. The van der Waals surface area contributed by atoms with E-state index in [2.05, 4.69) is 41.2 Å². The van der Waals surface area contributed by atoms with Gasteiger partial charge in [0.15, 0.2) is 0 Å². The molecule has 3 nitrogen and oxygen atoms in total. The first kappa shape index (κ1) is 18.2. The SMILES string of the molecule is [C-]#[N+][C@@H]1C[C@@H](O)C(c2ccc3c(c2)CCC3O)C1CCCc1ccccc1. The van der Waals surface area contributed by atoms with Crippen LogP contribution in [-0.4, -0.2) is 22.4 Å². The van der Waals surface area contributed by atoms with Crippen LogP contribution < -0.4 is 0 Å². The average Bonchev–Trinajstić information content (AvgIpc) is 3.22. The van der Waals surface area contributed by atoms with Crippen molar-refractivity contribution in [3.8, 4) is 0 Å². The van der Waals surface area contributed by atoms with E-state index in [-0.39, 0.29) is 24.0 Å². The molecule has 1 fully saturated rings. The number of nitrogens with zero attached hydrogens (tertiary/aromatic N) is 1. The van der Waals surface area contributed by atoms with Crippen molar-refractivity contribution in [3.63, 3.8) is 0 Å². The number of aliphatic hydroxyl groups excluding tert-OH is 2. The van der Waals surface area contributed by atoms with Crippen LogP contribution in [0, 0.1) is 12.5 Å². The zero-order valence-electron chi connectivity index (χ0n) is 15.6. The lowest BCUT2D eigenvalue weighted by molar-refractivity contribution is 0.153. The van der Waals surface area contributed by atoms with Crippen molar-refractivity contribution >= 4 is 0 Å². The predicted octanol–water partition coefficient (Wildman–Crippen LogP) is 4.44. The molecule has 5 atom stereocenters. The standard InChI is InChI=1S/C24H27NO2/c1-25-21-15-23(27)24(18-10-12-19-17(14-18)11-13-22(19)26)20(21)9-5-8-16-6-3-2-4-7-16/h2-4,6-7,10,12,14,20-24,26-27H,5,8-9,11,13,15H2/t20?,21-,22?,23-,24?/m1/s1. The Labute approximate surface area is 161 Å². The van der Waals surface area contributed by atoms with E-state index in [0.717, 1.165) is 43.2 Å². The summed E-state index contributed by atoms with van der Waals surface area (Å²) in [5.41, 5.74) is 4.72. The molecule has 0 radical (unpaired) electrons. The lowest BCUT2D eigenvalue weighted by Gasteiger charge is -2.23. The second kappa shape index (κ2) is 7.84. The first-order valence-electron chi connectivity index (χ1n) is 10.1. The maximum Gasteiger partial charge on any atom is 0.229 e. The van der Waals surface area contributed by atoms with Crippen LogP contribution in [0.1, 0.15) is 60.0 Å². The van der Waals surface area contributed by atoms with Gasteiger partial charge < -0.3 is 15.1 Å². The van der Waals surface area contributed by atoms with Crippen LogP contribution in [0.5, 0.6) is 0 Å². The van der Waals surface area contributed by atoms with Gasteiger partial charge in [-0.05, 0) is 54.4 Å². The predicted molar refractivity (Wildman–Crippen MR) is 106 cm³/mol. The van der Waals surface area contributed by atoms with Gasteiger partial charge in [0.2, 0.25) is 6.04 Å². The fourth-order valence-electron chi connectivity index (χ4n) is 5.09. The topological polar surface area (TPSA) is 44.8 Å². The quantitative estimate of drug-likeness (QED) is 0.773. The van der Waals surface area contributed by atoms with E-state index >= 15 is 0 Å². The highest BCUT2D eigenvalue weighted by Gasteiger charge is 2.47. The maximum atomic E-state index is 10.7. The molecule has 0 spiro atoms. The normalized spacial score (nSPS) is 29.4. The molecule has 2 aromatic carbocycles. The molecule has 3 unspecified atom stereocenters. The molecule has 27 heavy (non-hydrogen) atoms. The minimum Gasteiger partial charge on any atom is -0.392 e. The van der Waals surface area contributed by atoms with E-state index in [9.17, 15) is 10.2 Å². The molecule has 3 heteroatoms. The van der Waals surface area contributed by atoms with Crippen molar-refractivity contribution < 1.29 is 10.2 Å². The number of fused-ring (bicyclic) bond motifs is 1. The minimum atomic E-state index is -0.449. The lowest BCUT2D eigenvalue weighted by Crippen LogP contribution is -2.20. The van der Waals surface area contributed by atoms with Gasteiger partial charge in [-0.15, -0.1) is 0 Å². The summed E-state index contributed by atoms with van der Waals surface area (Å²) in [4.78, 5) is 3.86. The van der Waals surface area contributed by atoms with Gasteiger partial charge in [-0.2, -0.15) is 0 Å². The number of hydrogen-bond acceptors (Lipinski definition) is 2. The van der Waals surface area contributed by atoms with Gasteiger partial charge in [0.25, 0.3) is 0 Å². The highest BCUT2D eigenvalue weighted by atomic mass is 16.3. The molecule has 0 saturated heterocycles. The second-order valence-electron chi connectivity index (χ2n) is 8.08. The molecule has 2 aliphatic rings. The Balaban J connectivity index is 1.52. The lowest BCUT2D eigenvalue weighted by atomic mass is 9.82. The highest BCUT2D eigenvalue weighted by molar-refractivity contribution is 5.39. The van der Waals surface area contributed by atoms with Crippen LogP contribution in [0.15, 0.2) is 48.5 Å². The summed E-state index contributed by atoms with van der Waals surface area (Å²) in [6.45, 7) is 7.60. The summed E-state index contributed by atoms with van der Waals surface area (Å²) < 4.78 is 0. The largest absolute Gasteiger partial charge is 0.392 e. The molecular weight excluding hydrogens is 334 g/mol. The fraction of sp³-hybridized carbons (Fsp3) is 0.458. The van der Waals surface area contributed by atoms with Gasteiger partial charge in [0.1, 0.15) is 0 Å². The van der Waals surface area contributed by atoms with Crippen molar-refractivity contribution in [2.45, 2.75) is 62.7 Å². The van der Waals surface area contributed by atoms with Crippen LogP contribution in [0.25, 0.3) is 4.85 Å². The van der Waals surface area contributed by atoms with E-state index in [1.807, 2.05) is 12.1 Å². The summed E-state index contributed by atoms with van der Waals surface area (Å²) in [5.74, 6) is 0.230. The summed E-state index contributed by atoms with van der Waals surface area (Å²) in [7, 11) is 0. The van der Waals surface area contributed by atoms with Crippen LogP contribution in [0.3, 0.4) is 0 Å². The number of benzene rings is 2. The fourth-order valence-corrected chi connectivity index (χ4v) is 5.09. The Morgan fingerprint density at radius 1 is 1.07 bits per heavy atom. The van der Waals surface area contributed by atoms with Gasteiger partial charge in [0.05, 0.1) is 12.2 Å². The molecule has 0 aliphatic heterocycles. The number of aliphatic hydroxyl groups is 2. The molecule has 1 saturated carbocycles. The van der Waals surface area contributed by atoms with E-state index in [1.165, 1.54) is 11.1 Å². The van der Waals surface area contributed by atoms with Gasteiger partial charge in [0, 0.05) is 18.3 Å². The summed E-state index contributed by atoms with van der Waals surface area (Å²) >= 11 is 0. The van der Waals surface area contributed by atoms with Gasteiger partial charge in [-0.25, -0.2) is 6.57 Å². The number of hydrogen-bond donors (Lipinski definition) is 2. The van der Waals surface area contributed by atoms with E-state index < -0.39 is 6.10 Å². The third-order valence-electron chi connectivity index (χ3n) is 6.46. The van der Waals surface area contributed by atoms with Crippen molar-refractivity contribution in [3.05, 3.63) is 82.2 Å². The van der Waals surface area contributed by atoms with Crippen LogP contribution in [-0.2, 0) is 12.8 Å². The second-order valence-corrected chi connectivity index (χ2v) is 8.08. The van der Waals surface area contributed by atoms with Crippen LogP contribution in [0.4, 0.5) is 0 Å². The molecule has 2 N–H and O–H groups in total. The van der Waals surface area contributed by atoms with E-state index in [1.54, 1.807) is 0 Å². The highest BCUT2D eigenvalue weighted by Crippen LogP contribution is 2.45. The zero-order chi connectivity index (χ0) is 18.8. The first-order valence-corrected chi connectivity index (χ1v) is 10.1. The molecular formula is C24H27NO2. The Hall–Kier alpha value is -2.15. The van der Waals surface area contributed by atoms with Crippen LogP contribution in [0.2, 0.25) is 0 Å². The Morgan fingerprint density at radius 3 is 2.67 bits per heavy atom. The van der Waals surface area contributed by atoms with E-state index in [0.29, 0.717) is 6.42 Å². The summed E-state index contributed by atoms with van der Waals surface area (Å²) in [6.07, 6.45) is 4.48. The summed E-state index contributed by atoms with van der Waals surface area (Å²) in [6, 6.07) is 16.6. The average molecular weight is 361 g/mol. The third-order valence-corrected chi connectivity index (χ3v) is 6.46. The van der Waals surface area contributed by atoms with Crippen molar-refractivity contribution in [2.75, 3.05) is 0 Å². The monoisotopic (exact) mass is 361 g/mol. The molecule has 4 rings (SSSR count). The van der Waals surface area contributed by atoms with Gasteiger partial charge in [-0.1, -0.05) is 48.5 Å². The smallest absolute Gasteiger partial charge is 0.229 e. The molecule has 2 aromatic rings. The molecule has 140 valence electrons. The number of rotatable bonds is 5. The minimum absolute atomic E-state index is 0.0305. The molecule has 0 bridgehead atoms. The number of aryl methyl sites for hydroxylation is 2. The molecule has 0 amide bonds. The van der Waals surface area contributed by atoms with E-state index in [4.69, 9.17) is 6.57 Å². The molecule has 0 heterocycles. The Bertz CT molecular complexity index is 826. The third kappa shape index (κ3) is 3.65. The van der Waals surface area contributed by atoms with Crippen molar-refractivity contribution in [1.29, 1.82) is 0 Å². The Kier molecular flexibility index (Phi) is 5.29.